The van der Waals surface area contributed by atoms with E-state index in [-0.39, 0.29) is 41.7 Å². The maximum atomic E-state index is 14.5. The van der Waals surface area contributed by atoms with E-state index in [0.717, 1.165) is 24.0 Å². The molecule has 0 aromatic heterocycles. The van der Waals surface area contributed by atoms with Crippen LogP contribution in [0.4, 0.5) is 4.39 Å². The van der Waals surface area contributed by atoms with Crippen molar-refractivity contribution < 1.29 is 14.0 Å². The molecule has 2 unspecified atom stereocenters. The molecule has 1 aromatic rings. The maximum absolute atomic E-state index is 14.5. The molecule has 2 aliphatic rings. The molecule has 2 amide bonds. The van der Waals surface area contributed by atoms with E-state index in [2.05, 4.69) is 16.0 Å². The van der Waals surface area contributed by atoms with Crippen molar-refractivity contribution in [2.24, 2.45) is 5.41 Å². The Kier molecular flexibility index (Phi) is 5.06. The standard InChI is InChI=1S/C20H28FN3O2/c1-11-22-16(10-17(25)23-11)19(26)24-18(20(2,3)4)13-7-8-14(12-5-6-12)15(21)9-13/h7-9,11-12,16,18,22H,5-6,10H2,1-4H3,(H,23,25)(H,24,26)/t11?,16?,18-/m0/s1. The second-order valence-electron chi connectivity index (χ2n) is 8.58. The molecule has 3 N–H and O–H groups in total. The van der Waals surface area contributed by atoms with E-state index in [1.54, 1.807) is 13.0 Å². The summed E-state index contributed by atoms with van der Waals surface area (Å²) in [5.74, 6) is -0.239. The second kappa shape index (κ2) is 6.99. The van der Waals surface area contributed by atoms with Crippen LogP contribution in [0.5, 0.6) is 0 Å². The van der Waals surface area contributed by atoms with Gasteiger partial charge in [-0.2, -0.15) is 0 Å². The summed E-state index contributed by atoms with van der Waals surface area (Å²) in [6.07, 6.45) is 1.93. The van der Waals surface area contributed by atoms with Gasteiger partial charge in [-0.1, -0.05) is 32.9 Å². The third-order valence-electron chi connectivity index (χ3n) is 5.06. The fourth-order valence-electron chi connectivity index (χ4n) is 3.55. The molecule has 26 heavy (non-hydrogen) atoms. The van der Waals surface area contributed by atoms with Gasteiger partial charge in [-0.3, -0.25) is 14.9 Å². The highest BCUT2D eigenvalue weighted by molar-refractivity contribution is 5.89. The van der Waals surface area contributed by atoms with E-state index < -0.39 is 6.04 Å². The summed E-state index contributed by atoms with van der Waals surface area (Å²) in [4.78, 5) is 24.5. The highest BCUT2D eigenvalue weighted by atomic mass is 19.1. The first-order chi connectivity index (χ1) is 12.1. The van der Waals surface area contributed by atoms with Gasteiger partial charge in [-0.05, 0) is 48.3 Å². The van der Waals surface area contributed by atoms with Gasteiger partial charge in [0.05, 0.1) is 24.7 Å². The van der Waals surface area contributed by atoms with E-state index in [1.807, 2.05) is 32.9 Å². The Bertz CT molecular complexity index is 709. The van der Waals surface area contributed by atoms with Crippen molar-refractivity contribution >= 4 is 11.8 Å². The quantitative estimate of drug-likeness (QED) is 0.772. The minimum Gasteiger partial charge on any atom is -0.347 e. The molecular weight excluding hydrogens is 333 g/mol. The predicted molar refractivity (Wildman–Crippen MR) is 97.9 cm³/mol. The van der Waals surface area contributed by atoms with Crippen LogP contribution >= 0.6 is 0 Å². The lowest BCUT2D eigenvalue weighted by Crippen LogP contribution is -2.60. The Morgan fingerprint density at radius 3 is 2.54 bits per heavy atom. The van der Waals surface area contributed by atoms with Gasteiger partial charge in [0.2, 0.25) is 11.8 Å². The second-order valence-corrected chi connectivity index (χ2v) is 8.58. The smallest absolute Gasteiger partial charge is 0.238 e. The van der Waals surface area contributed by atoms with Gasteiger partial charge < -0.3 is 10.6 Å². The molecule has 1 saturated carbocycles. The van der Waals surface area contributed by atoms with Crippen LogP contribution < -0.4 is 16.0 Å². The molecule has 3 rings (SSSR count). The molecule has 142 valence electrons. The summed E-state index contributed by atoms with van der Waals surface area (Å²) in [7, 11) is 0. The van der Waals surface area contributed by atoms with Gasteiger partial charge in [0.25, 0.3) is 0 Å². The van der Waals surface area contributed by atoms with Crippen LogP contribution in [0, 0.1) is 11.2 Å². The average molecular weight is 361 g/mol. The van der Waals surface area contributed by atoms with Crippen LogP contribution in [0.25, 0.3) is 0 Å². The first kappa shape index (κ1) is 18.8. The summed E-state index contributed by atoms with van der Waals surface area (Å²) < 4.78 is 14.5. The molecule has 2 fully saturated rings. The average Bonchev–Trinajstić information content (AvgIpc) is 3.35. The van der Waals surface area contributed by atoms with Crippen molar-refractivity contribution in [3.05, 3.63) is 35.1 Å². The van der Waals surface area contributed by atoms with Gasteiger partial charge in [-0.25, -0.2) is 4.39 Å². The van der Waals surface area contributed by atoms with E-state index in [0.29, 0.717) is 5.92 Å². The van der Waals surface area contributed by atoms with Gasteiger partial charge in [0, 0.05) is 0 Å². The summed E-state index contributed by atoms with van der Waals surface area (Å²) in [6, 6.07) is 4.38. The number of rotatable bonds is 4. The fraction of sp³-hybridized carbons (Fsp3) is 0.600. The zero-order valence-corrected chi connectivity index (χ0v) is 15.9. The van der Waals surface area contributed by atoms with Crippen LogP contribution in [0.3, 0.4) is 0 Å². The van der Waals surface area contributed by atoms with E-state index in [9.17, 15) is 14.0 Å². The van der Waals surface area contributed by atoms with Crippen LogP contribution in [-0.4, -0.2) is 24.0 Å². The maximum Gasteiger partial charge on any atom is 0.238 e. The lowest BCUT2D eigenvalue weighted by atomic mass is 9.81. The third-order valence-corrected chi connectivity index (χ3v) is 5.06. The van der Waals surface area contributed by atoms with E-state index in [1.165, 1.54) is 0 Å². The molecule has 1 saturated heterocycles. The number of amides is 2. The Labute approximate surface area is 154 Å². The molecule has 1 aliphatic carbocycles. The van der Waals surface area contributed by atoms with Crippen LogP contribution in [0.1, 0.15) is 70.0 Å². The minimum absolute atomic E-state index is 0.0992. The van der Waals surface area contributed by atoms with Crippen molar-refractivity contribution in [2.75, 3.05) is 0 Å². The molecule has 0 bridgehead atoms. The monoisotopic (exact) mass is 361 g/mol. The van der Waals surface area contributed by atoms with Crippen molar-refractivity contribution in [1.29, 1.82) is 0 Å². The predicted octanol–water partition coefficient (Wildman–Crippen LogP) is 2.73. The summed E-state index contributed by atoms with van der Waals surface area (Å²) in [5, 5.41) is 8.84. The Hall–Kier alpha value is -1.95. The van der Waals surface area contributed by atoms with Crippen molar-refractivity contribution in [3.8, 4) is 0 Å². The lowest BCUT2D eigenvalue weighted by Gasteiger charge is -2.35. The minimum atomic E-state index is -0.584. The van der Waals surface area contributed by atoms with Crippen molar-refractivity contribution in [1.82, 2.24) is 16.0 Å². The SMILES string of the molecule is CC1NC(=O)CC(C(=O)N[C@@H](c2ccc(C3CC3)c(F)c2)C(C)(C)C)N1. The molecule has 1 aliphatic heterocycles. The molecule has 0 radical (unpaired) electrons. The first-order valence-electron chi connectivity index (χ1n) is 9.30. The van der Waals surface area contributed by atoms with Gasteiger partial charge in [-0.15, -0.1) is 0 Å². The number of hydrogen-bond donors (Lipinski definition) is 3. The fourth-order valence-corrected chi connectivity index (χ4v) is 3.55. The summed E-state index contributed by atoms with van der Waals surface area (Å²) >= 11 is 0. The van der Waals surface area contributed by atoms with Crippen molar-refractivity contribution in [2.45, 2.75) is 71.1 Å². The molecule has 3 atom stereocenters. The van der Waals surface area contributed by atoms with Gasteiger partial charge in [0.15, 0.2) is 0 Å². The molecule has 5 nitrogen and oxygen atoms in total. The summed E-state index contributed by atoms with van der Waals surface area (Å²) in [5.41, 5.74) is 1.22. The van der Waals surface area contributed by atoms with Gasteiger partial charge >= 0.3 is 0 Å². The largest absolute Gasteiger partial charge is 0.347 e. The van der Waals surface area contributed by atoms with E-state index >= 15 is 0 Å². The Morgan fingerprint density at radius 1 is 1.31 bits per heavy atom. The number of hydrogen-bond acceptors (Lipinski definition) is 3. The zero-order valence-electron chi connectivity index (χ0n) is 15.9. The van der Waals surface area contributed by atoms with Crippen LogP contribution in [0.15, 0.2) is 18.2 Å². The number of carbonyl (C=O) groups excluding carboxylic acids is 2. The Morgan fingerprint density at radius 2 is 2.00 bits per heavy atom. The topological polar surface area (TPSA) is 70.2 Å². The number of carbonyl (C=O) groups is 2. The lowest BCUT2D eigenvalue weighted by molar-refractivity contribution is -0.132. The normalized spacial score (nSPS) is 24.7. The number of nitrogens with one attached hydrogen (secondary N) is 3. The highest BCUT2D eigenvalue weighted by Crippen LogP contribution is 2.42. The Balaban J connectivity index is 1.79. The van der Waals surface area contributed by atoms with Crippen LogP contribution in [0.2, 0.25) is 0 Å². The summed E-state index contributed by atoms with van der Waals surface area (Å²) in [6.45, 7) is 7.82. The van der Waals surface area contributed by atoms with E-state index in [4.69, 9.17) is 0 Å². The highest BCUT2D eigenvalue weighted by Gasteiger charge is 2.34. The molecular formula is C20H28FN3O2. The molecule has 0 spiro atoms. The first-order valence-corrected chi connectivity index (χ1v) is 9.30. The number of halogens is 1. The van der Waals surface area contributed by atoms with Crippen molar-refractivity contribution in [3.63, 3.8) is 0 Å². The van der Waals surface area contributed by atoms with Crippen LogP contribution in [-0.2, 0) is 9.59 Å². The molecule has 1 aromatic carbocycles. The number of benzene rings is 1. The third kappa shape index (κ3) is 4.23. The molecule has 6 heteroatoms. The molecule has 1 heterocycles. The zero-order chi connectivity index (χ0) is 19.1. The van der Waals surface area contributed by atoms with Gasteiger partial charge in [0.1, 0.15) is 5.82 Å².